The van der Waals surface area contributed by atoms with Crippen molar-refractivity contribution >= 4 is 70.1 Å². The fourth-order valence-corrected chi connectivity index (χ4v) is 6.15. The van der Waals surface area contributed by atoms with E-state index in [0.29, 0.717) is 15.4 Å². The van der Waals surface area contributed by atoms with Crippen molar-refractivity contribution in [2.45, 2.75) is 4.90 Å². The van der Waals surface area contributed by atoms with Crippen LogP contribution in [-0.2, 0) is 24.8 Å². The number of morpholine rings is 1. The number of hydrogen-bond acceptors (Lipinski definition) is 9. The highest BCUT2D eigenvalue weighted by Crippen LogP contribution is 2.36. The van der Waals surface area contributed by atoms with Gasteiger partial charge in [-0.2, -0.15) is 4.31 Å². The molecule has 1 aliphatic heterocycles. The minimum Gasteiger partial charge on any atom is -0.478 e. The minimum absolute atomic E-state index is 0.0426. The smallest absolute Gasteiger partial charge is 0.338 e. The highest BCUT2D eigenvalue weighted by atomic mass is 79.9. The largest absolute Gasteiger partial charge is 0.478 e. The normalized spacial score (nSPS) is 14.9. The number of anilines is 2. The molecule has 2 aromatic carbocycles. The summed E-state index contributed by atoms with van der Waals surface area (Å²) in [6.45, 7) is 0.685. The van der Waals surface area contributed by atoms with Gasteiger partial charge in [-0.3, -0.25) is 9.78 Å². The third-order valence-corrected chi connectivity index (χ3v) is 8.40. The van der Waals surface area contributed by atoms with E-state index in [2.05, 4.69) is 26.2 Å². The van der Waals surface area contributed by atoms with Gasteiger partial charge in [-0.05, 0) is 30.3 Å². The summed E-state index contributed by atoms with van der Waals surface area (Å²) < 4.78 is 59.2. The van der Waals surface area contributed by atoms with Gasteiger partial charge in [-0.1, -0.05) is 22.0 Å². The molecule has 196 valence electrons. The van der Waals surface area contributed by atoms with Gasteiger partial charge in [0.25, 0.3) is 5.91 Å². The molecule has 1 amide bonds. The van der Waals surface area contributed by atoms with Crippen LogP contribution in [0.3, 0.4) is 0 Å². The van der Waals surface area contributed by atoms with Crippen LogP contribution in [0.5, 0.6) is 0 Å². The molecule has 1 saturated heterocycles. The number of nitrogens with zero attached hydrogens (tertiary/aromatic N) is 2. The number of carbonyl (C=O) groups excluding carboxylic acids is 1. The number of ether oxygens (including phenoxy) is 1. The highest BCUT2D eigenvalue weighted by Gasteiger charge is 2.31. The lowest BCUT2D eigenvalue weighted by Crippen LogP contribution is -2.40. The lowest BCUT2D eigenvalue weighted by atomic mass is 10.0. The first kappa shape index (κ1) is 26.9. The van der Waals surface area contributed by atoms with E-state index in [-0.39, 0.29) is 42.6 Å². The molecule has 2 heterocycles. The number of aromatic nitrogens is 1. The van der Waals surface area contributed by atoms with Crippen molar-refractivity contribution in [3.05, 3.63) is 58.2 Å². The zero-order valence-electron chi connectivity index (χ0n) is 19.3. The summed E-state index contributed by atoms with van der Waals surface area (Å²) in [5, 5.41) is 13.2. The van der Waals surface area contributed by atoms with Crippen LogP contribution >= 0.6 is 15.9 Å². The molecule has 0 unspecified atom stereocenters. The highest BCUT2D eigenvalue weighted by molar-refractivity contribution is 9.10. The summed E-state index contributed by atoms with van der Waals surface area (Å²) in [7, 11) is -8.07. The van der Waals surface area contributed by atoms with Gasteiger partial charge in [-0.15, -0.1) is 0 Å². The van der Waals surface area contributed by atoms with Crippen LogP contribution < -0.4 is 10.0 Å². The number of carboxylic acid groups (broad SMARTS) is 1. The van der Waals surface area contributed by atoms with Crippen LogP contribution in [0.2, 0.25) is 0 Å². The number of sulfonamides is 2. The third-order valence-electron chi connectivity index (χ3n) is 5.44. The Kier molecular flexibility index (Phi) is 7.52. The molecule has 37 heavy (non-hydrogen) atoms. The van der Waals surface area contributed by atoms with Crippen LogP contribution in [0, 0.1) is 0 Å². The molecule has 0 atom stereocenters. The average Bonchev–Trinajstić information content (AvgIpc) is 2.83. The lowest BCUT2D eigenvalue weighted by molar-refractivity contribution is 0.0692. The first-order valence-electron chi connectivity index (χ1n) is 10.7. The SMILES string of the molecule is CS(=O)(=O)NC(=O)c1cccc(Nc2c(S(=O)(=O)N3CCOCC3)cnc3ccc(Br)cc23)c1C(=O)O. The molecular weight excluding hydrogens is 592 g/mol. The molecule has 0 radical (unpaired) electrons. The summed E-state index contributed by atoms with van der Waals surface area (Å²) in [6.07, 6.45) is 1.95. The third kappa shape index (κ3) is 5.75. The number of aromatic carboxylic acids is 1. The standard InChI is InChI=1S/C22H21BrN4O8S2/c1-36(31,32)26-21(28)14-3-2-4-17(19(14)22(29)30)25-20-15-11-13(23)5-6-16(15)24-12-18(20)37(33,34)27-7-9-35-10-8-27/h2-6,11-12H,7-10H2,1H3,(H,24,25)(H,26,28)(H,29,30). The van der Waals surface area contributed by atoms with Gasteiger partial charge >= 0.3 is 5.97 Å². The first-order chi connectivity index (χ1) is 17.4. The van der Waals surface area contributed by atoms with Crippen molar-refractivity contribution in [1.82, 2.24) is 14.0 Å². The Bertz CT molecular complexity index is 1620. The maximum absolute atomic E-state index is 13.6. The van der Waals surface area contributed by atoms with Gasteiger partial charge in [0.15, 0.2) is 0 Å². The summed E-state index contributed by atoms with van der Waals surface area (Å²) in [4.78, 5) is 28.9. The van der Waals surface area contributed by atoms with Gasteiger partial charge in [0.05, 0.1) is 47.5 Å². The van der Waals surface area contributed by atoms with E-state index in [1.807, 2.05) is 0 Å². The predicted octanol–water partition coefficient (Wildman–Crippen LogP) is 2.15. The lowest BCUT2D eigenvalue weighted by Gasteiger charge is -2.27. The molecule has 3 N–H and O–H groups in total. The Morgan fingerprint density at radius 3 is 2.46 bits per heavy atom. The van der Waals surface area contributed by atoms with Crippen LogP contribution in [0.25, 0.3) is 10.9 Å². The molecule has 4 rings (SSSR count). The van der Waals surface area contributed by atoms with E-state index >= 15 is 0 Å². The molecule has 0 spiro atoms. The fourth-order valence-electron chi connectivity index (χ4n) is 3.83. The summed E-state index contributed by atoms with van der Waals surface area (Å²) in [5.41, 5.74) is -0.631. The minimum atomic E-state index is -4.09. The maximum atomic E-state index is 13.6. The molecule has 1 fully saturated rings. The van der Waals surface area contributed by atoms with Crippen molar-refractivity contribution in [3.8, 4) is 0 Å². The molecule has 0 saturated carbocycles. The maximum Gasteiger partial charge on any atom is 0.338 e. The summed E-state index contributed by atoms with van der Waals surface area (Å²) in [5.74, 6) is -2.68. The predicted molar refractivity (Wildman–Crippen MR) is 138 cm³/mol. The zero-order valence-corrected chi connectivity index (χ0v) is 22.5. The molecule has 1 aromatic heterocycles. The quantitative estimate of drug-likeness (QED) is 0.359. The van der Waals surface area contributed by atoms with Crippen LogP contribution in [-0.4, -0.2) is 75.7 Å². The van der Waals surface area contributed by atoms with E-state index < -0.39 is 43.0 Å². The Morgan fingerprint density at radius 2 is 1.81 bits per heavy atom. The van der Waals surface area contributed by atoms with E-state index in [1.54, 1.807) is 22.9 Å². The van der Waals surface area contributed by atoms with Gasteiger partial charge in [0, 0.05) is 29.1 Å². The fraction of sp³-hybridized carbons (Fsp3) is 0.227. The Morgan fingerprint density at radius 1 is 1.11 bits per heavy atom. The Labute approximate surface area is 220 Å². The number of benzene rings is 2. The number of pyridine rings is 1. The van der Waals surface area contributed by atoms with E-state index in [1.165, 1.54) is 22.6 Å². The molecule has 15 heteroatoms. The topological polar surface area (TPSA) is 172 Å². The number of halogens is 1. The van der Waals surface area contributed by atoms with Crippen LogP contribution in [0.15, 0.2) is 52.0 Å². The van der Waals surface area contributed by atoms with Crippen molar-refractivity contribution in [2.24, 2.45) is 0 Å². The molecule has 1 aliphatic rings. The second-order valence-corrected chi connectivity index (χ2v) is 12.6. The van der Waals surface area contributed by atoms with Crippen molar-refractivity contribution in [3.63, 3.8) is 0 Å². The number of amides is 1. The number of carbonyl (C=O) groups is 2. The second-order valence-electron chi connectivity index (χ2n) is 8.04. The molecule has 3 aromatic rings. The van der Waals surface area contributed by atoms with Crippen LogP contribution in [0.4, 0.5) is 11.4 Å². The van der Waals surface area contributed by atoms with Gasteiger partial charge < -0.3 is 15.2 Å². The van der Waals surface area contributed by atoms with Crippen molar-refractivity contribution in [2.75, 3.05) is 37.9 Å². The number of nitrogens with one attached hydrogen (secondary N) is 2. The molecular formula is C22H21BrN4O8S2. The first-order valence-corrected chi connectivity index (χ1v) is 14.8. The Balaban J connectivity index is 1.93. The summed E-state index contributed by atoms with van der Waals surface area (Å²) >= 11 is 3.36. The number of rotatable bonds is 7. The number of fused-ring (bicyclic) bond motifs is 1. The van der Waals surface area contributed by atoms with E-state index in [9.17, 15) is 31.5 Å². The molecule has 0 aliphatic carbocycles. The van der Waals surface area contributed by atoms with E-state index in [0.717, 1.165) is 12.3 Å². The zero-order chi connectivity index (χ0) is 27.0. The van der Waals surface area contributed by atoms with Crippen molar-refractivity contribution < 1.29 is 36.3 Å². The van der Waals surface area contributed by atoms with Crippen LogP contribution in [0.1, 0.15) is 20.7 Å². The number of hydrogen-bond donors (Lipinski definition) is 3. The monoisotopic (exact) mass is 612 g/mol. The molecule has 0 bridgehead atoms. The average molecular weight is 613 g/mol. The van der Waals surface area contributed by atoms with E-state index in [4.69, 9.17) is 4.74 Å². The second kappa shape index (κ2) is 10.3. The number of carboxylic acids is 1. The molecule has 12 nitrogen and oxygen atoms in total. The Hall–Kier alpha value is -3.11. The van der Waals surface area contributed by atoms with Crippen molar-refractivity contribution in [1.29, 1.82) is 0 Å². The van der Waals surface area contributed by atoms with Gasteiger partial charge in [0.2, 0.25) is 20.0 Å². The van der Waals surface area contributed by atoms with Gasteiger partial charge in [0.1, 0.15) is 4.90 Å². The summed E-state index contributed by atoms with van der Waals surface area (Å²) in [6, 6.07) is 8.85. The van der Waals surface area contributed by atoms with Gasteiger partial charge in [-0.25, -0.2) is 26.4 Å².